The molecule has 0 aliphatic heterocycles. The molecule has 1 atom stereocenters. The first-order chi connectivity index (χ1) is 12.0. The van der Waals surface area contributed by atoms with Crippen LogP contribution in [0.5, 0.6) is 0 Å². The lowest BCUT2D eigenvalue weighted by molar-refractivity contribution is 0.538. The summed E-state index contributed by atoms with van der Waals surface area (Å²) in [6.07, 6.45) is 3.47. The van der Waals surface area contributed by atoms with E-state index >= 15 is 0 Å². The van der Waals surface area contributed by atoms with Gasteiger partial charge in [-0.25, -0.2) is 8.42 Å². The first kappa shape index (κ1) is 17.7. The topological polar surface area (TPSA) is 62.0 Å². The van der Waals surface area contributed by atoms with Crippen molar-refractivity contribution >= 4 is 20.7 Å². The zero-order chi connectivity index (χ0) is 17.9. The number of rotatable bonds is 7. The summed E-state index contributed by atoms with van der Waals surface area (Å²) in [5.74, 6) is 0. The molecule has 25 heavy (non-hydrogen) atoms. The average molecular weight is 356 g/mol. The van der Waals surface area contributed by atoms with E-state index in [-0.39, 0.29) is 0 Å². The van der Waals surface area contributed by atoms with E-state index in [9.17, 15) is 8.42 Å². The van der Waals surface area contributed by atoms with Gasteiger partial charge >= 0.3 is 0 Å². The molecular formula is C20H24N2O2S. The van der Waals surface area contributed by atoms with Crippen LogP contribution in [-0.4, -0.2) is 26.0 Å². The summed E-state index contributed by atoms with van der Waals surface area (Å²) < 4.78 is 26.1. The summed E-state index contributed by atoms with van der Waals surface area (Å²) in [7, 11) is -3.54. The van der Waals surface area contributed by atoms with Gasteiger partial charge in [0.05, 0.1) is 9.79 Å². The fraction of sp³-hybridized carbons (Fsp3) is 0.300. The van der Waals surface area contributed by atoms with Gasteiger partial charge < -0.3 is 10.3 Å². The highest BCUT2D eigenvalue weighted by atomic mass is 32.2. The molecule has 3 aromatic rings. The van der Waals surface area contributed by atoms with Crippen molar-refractivity contribution in [2.75, 3.05) is 6.54 Å². The van der Waals surface area contributed by atoms with Crippen LogP contribution in [0.2, 0.25) is 0 Å². The number of aromatic nitrogens is 1. The van der Waals surface area contributed by atoms with Crippen molar-refractivity contribution in [2.45, 2.75) is 42.5 Å². The summed E-state index contributed by atoms with van der Waals surface area (Å²) in [5, 5.41) is 4.27. The van der Waals surface area contributed by atoms with Crippen LogP contribution >= 0.6 is 0 Å². The van der Waals surface area contributed by atoms with Crippen LogP contribution in [0.15, 0.2) is 64.5 Å². The van der Waals surface area contributed by atoms with E-state index in [4.69, 9.17) is 0 Å². The van der Waals surface area contributed by atoms with Crippen molar-refractivity contribution in [1.29, 1.82) is 0 Å². The Morgan fingerprint density at radius 2 is 1.84 bits per heavy atom. The van der Waals surface area contributed by atoms with Gasteiger partial charge in [-0.1, -0.05) is 37.3 Å². The maximum atomic E-state index is 13.1. The summed E-state index contributed by atoms with van der Waals surface area (Å²) in [6.45, 7) is 5.13. The Morgan fingerprint density at radius 3 is 2.56 bits per heavy atom. The lowest BCUT2D eigenvalue weighted by atomic mass is 10.1. The van der Waals surface area contributed by atoms with E-state index in [0.29, 0.717) is 15.8 Å². The second-order valence-electron chi connectivity index (χ2n) is 6.32. The molecule has 1 heterocycles. The Kier molecular flexibility index (Phi) is 5.25. The molecule has 0 fully saturated rings. The summed E-state index contributed by atoms with van der Waals surface area (Å²) >= 11 is 0. The van der Waals surface area contributed by atoms with Gasteiger partial charge in [0.25, 0.3) is 0 Å². The largest absolute Gasteiger partial charge is 0.360 e. The van der Waals surface area contributed by atoms with Crippen LogP contribution in [0.25, 0.3) is 10.9 Å². The minimum atomic E-state index is -3.54. The van der Waals surface area contributed by atoms with Crippen LogP contribution in [-0.2, 0) is 16.3 Å². The maximum absolute atomic E-state index is 13.1. The van der Waals surface area contributed by atoms with Gasteiger partial charge in [0.1, 0.15) is 0 Å². The molecular weight excluding hydrogens is 332 g/mol. The Morgan fingerprint density at radius 1 is 1.08 bits per heavy atom. The molecule has 1 aromatic heterocycles. The SMILES string of the molecule is CCC(C)NCCc1cccc2[nH]cc(S(=O)(=O)c3ccccc3)c12. The molecule has 0 bridgehead atoms. The third kappa shape index (κ3) is 3.62. The smallest absolute Gasteiger partial charge is 0.208 e. The molecule has 1 unspecified atom stereocenters. The quantitative estimate of drug-likeness (QED) is 0.674. The maximum Gasteiger partial charge on any atom is 0.208 e. The van der Waals surface area contributed by atoms with Crippen molar-refractivity contribution in [3.8, 4) is 0 Å². The summed E-state index contributed by atoms with van der Waals surface area (Å²) in [6, 6.07) is 15.0. The highest BCUT2D eigenvalue weighted by Crippen LogP contribution is 2.30. The molecule has 0 spiro atoms. The number of hydrogen-bond donors (Lipinski definition) is 2. The molecule has 5 heteroatoms. The van der Waals surface area contributed by atoms with Crippen LogP contribution < -0.4 is 5.32 Å². The molecule has 0 saturated carbocycles. The molecule has 132 valence electrons. The Labute approximate surface area is 149 Å². The number of H-pyrrole nitrogens is 1. The van der Waals surface area contributed by atoms with Gasteiger partial charge in [0, 0.05) is 23.1 Å². The number of hydrogen-bond acceptors (Lipinski definition) is 3. The number of fused-ring (bicyclic) bond motifs is 1. The first-order valence-electron chi connectivity index (χ1n) is 8.66. The van der Waals surface area contributed by atoms with Crippen molar-refractivity contribution in [3.63, 3.8) is 0 Å². The summed E-state index contributed by atoms with van der Waals surface area (Å²) in [5.41, 5.74) is 1.90. The summed E-state index contributed by atoms with van der Waals surface area (Å²) in [4.78, 5) is 3.79. The van der Waals surface area contributed by atoms with E-state index in [1.165, 1.54) is 0 Å². The molecule has 0 radical (unpaired) electrons. The van der Waals surface area contributed by atoms with Gasteiger partial charge in [-0.15, -0.1) is 0 Å². The highest BCUT2D eigenvalue weighted by molar-refractivity contribution is 7.91. The van der Waals surface area contributed by atoms with E-state index < -0.39 is 9.84 Å². The minimum absolute atomic E-state index is 0.323. The Bertz CT molecular complexity index is 946. The number of aromatic amines is 1. The van der Waals surface area contributed by atoms with Gasteiger partial charge in [-0.3, -0.25) is 0 Å². The third-order valence-corrected chi connectivity index (χ3v) is 6.39. The monoisotopic (exact) mass is 356 g/mol. The highest BCUT2D eigenvalue weighted by Gasteiger charge is 2.22. The lowest BCUT2D eigenvalue weighted by Gasteiger charge is -2.12. The van der Waals surface area contributed by atoms with Crippen molar-refractivity contribution in [2.24, 2.45) is 0 Å². The normalized spacial score (nSPS) is 13.2. The molecule has 0 aliphatic rings. The number of sulfone groups is 1. The second kappa shape index (κ2) is 7.42. The zero-order valence-electron chi connectivity index (χ0n) is 14.6. The van der Waals surface area contributed by atoms with Gasteiger partial charge in [0.15, 0.2) is 0 Å². The number of nitrogens with one attached hydrogen (secondary N) is 2. The molecule has 2 aromatic carbocycles. The Balaban J connectivity index is 2.00. The van der Waals surface area contributed by atoms with E-state index in [0.717, 1.165) is 35.9 Å². The Hall–Kier alpha value is -2.11. The molecule has 0 saturated heterocycles. The van der Waals surface area contributed by atoms with Crippen LogP contribution in [0.1, 0.15) is 25.8 Å². The minimum Gasteiger partial charge on any atom is -0.360 e. The second-order valence-corrected chi connectivity index (χ2v) is 8.24. The van der Waals surface area contributed by atoms with Crippen molar-refractivity contribution in [3.05, 3.63) is 60.3 Å². The van der Waals surface area contributed by atoms with Crippen LogP contribution in [0.4, 0.5) is 0 Å². The fourth-order valence-electron chi connectivity index (χ4n) is 2.97. The van der Waals surface area contributed by atoms with Gasteiger partial charge in [-0.2, -0.15) is 0 Å². The van der Waals surface area contributed by atoms with Gasteiger partial charge in [0.2, 0.25) is 9.84 Å². The van der Waals surface area contributed by atoms with E-state index in [1.807, 2.05) is 24.3 Å². The van der Waals surface area contributed by atoms with Crippen molar-refractivity contribution < 1.29 is 8.42 Å². The van der Waals surface area contributed by atoms with E-state index in [2.05, 4.69) is 24.1 Å². The van der Waals surface area contributed by atoms with Crippen molar-refractivity contribution in [1.82, 2.24) is 10.3 Å². The standard InChI is InChI=1S/C20H24N2O2S/c1-3-15(2)21-13-12-16-8-7-11-18-20(16)19(14-22-18)25(23,24)17-9-5-4-6-10-17/h4-11,14-15,21-22H,3,12-13H2,1-2H3. The molecule has 2 N–H and O–H groups in total. The predicted octanol–water partition coefficient (Wildman–Crippen LogP) is 3.93. The van der Waals surface area contributed by atoms with Gasteiger partial charge in [-0.05, 0) is 50.1 Å². The van der Waals surface area contributed by atoms with E-state index in [1.54, 1.807) is 30.5 Å². The zero-order valence-corrected chi connectivity index (χ0v) is 15.4. The third-order valence-electron chi connectivity index (χ3n) is 4.60. The molecule has 3 rings (SSSR count). The molecule has 0 amide bonds. The lowest BCUT2D eigenvalue weighted by Crippen LogP contribution is -2.27. The molecule has 0 aliphatic carbocycles. The van der Waals surface area contributed by atoms with Crippen LogP contribution in [0, 0.1) is 0 Å². The number of benzene rings is 2. The van der Waals surface area contributed by atoms with Crippen LogP contribution in [0.3, 0.4) is 0 Å². The average Bonchev–Trinajstić information content (AvgIpc) is 3.08. The molecule has 4 nitrogen and oxygen atoms in total. The fourth-order valence-corrected chi connectivity index (χ4v) is 4.46. The first-order valence-corrected chi connectivity index (χ1v) is 10.1. The predicted molar refractivity (Wildman–Crippen MR) is 102 cm³/mol.